The molecule has 1 saturated heterocycles. The van der Waals surface area contributed by atoms with Crippen LogP contribution in [0.4, 0.5) is 14.9 Å². The second kappa shape index (κ2) is 7.85. The maximum Gasteiger partial charge on any atom is 0.321 e. The van der Waals surface area contributed by atoms with Crippen molar-refractivity contribution in [2.45, 2.75) is 18.9 Å². The van der Waals surface area contributed by atoms with E-state index in [9.17, 15) is 14.0 Å². The Balaban J connectivity index is 1.46. The summed E-state index contributed by atoms with van der Waals surface area (Å²) in [4.78, 5) is 27.3. The molecular weight excluding hydrogens is 417 g/mol. The zero-order valence-corrected chi connectivity index (χ0v) is 17.5. The third-order valence-electron chi connectivity index (χ3n) is 6.11. The van der Waals surface area contributed by atoms with Gasteiger partial charge in [0, 0.05) is 53.6 Å². The van der Waals surface area contributed by atoms with E-state index < -0.39 is 5.82 Å². The molecule has 0 radical (unpaired) electrons. The number of piperidine rings is 1. The highest BCUT2D eigenvalue weighted by molar-refractivity contribution is 6.30. The summed E-state index contributed by atoms with van der Waals surface area (Å²) in [6.45, 7) is 1.65. The summed E-state index contributed by atoms with van der Waals surface area (Å²) in [6, 6.07) is 16.7. The Kier molecular flexibility index (Phi) is 5.02. The van der Waals surface area contributed by atoms with Crippen molar-refractivity contribution < 1.29 is 9.18 Å². The minimum Gasteiger partial charge on any atom is -0.324 e. The number of nitrogens with zero attached hydrogens (tertiary/aromatic N) is 2. The van der Waals surface area contributed by atoms with Crippen LogP contribution in [0.3, 0.4) is 0 Å². The maximum absolute atomic E-state index is 13.5. The number of hydrogen-bond acceptors (Lipinski definition) is 2. The number of hydrogen-bond donors (Lipinski definition) is 1. The fourth-order valence-electron chi connectivity index (χ4n) is 4.82. The van der Waals surface area contributed by atoms with Crippen LogP contribution in [0.2, 0.25) is 5.02 Å². The number of urea groups is 1. The molecule has 1 aromatic heterocycles. The predicted molar refractivity (Wildman–Crippen MR) is 119 cm³/mol. The number of amides is 2. The first-order chi connectivity index (χ1) is 15.0. The molecule has 0 unspecified atom stereocenters. The van der Waals surface area contributed by atoms with Crippen LogP contribution in [0.5, 0.6) is 0 Å². The highest BCUT2D eigenvalue weighted by atomic mass is 35.5. The average molecular weight is 438 g/mol. The van der Waals surface area contributed by atoms with E-state index in [1.165, 1.54) is 12.1 Å². The van der Waals surface area contributed by atoms with Gasteiger partial charge < -0.3 is 14.8 Å². The van der Waals surface area contributed by atoms with Gasteiger partial charge in [0.25, 0.3) is 5.56 Å². The van der Waals surface area contributed by atoms with Crippen LogP contribution in [0.15, 0.2) is 65.5 Å². The van der Waals surface area contributed by atoms with Gasteiger partial charge in [-0.1, -0.05) is 29.8 Å². The fraction of sp³-hybridized carbons (Fsp3) is 0.250. The monoisotopic (exact) mass is 437 g/mol. The molecule has 0 saturated carbocycles. The van der Waals surface area contributed by atoms with E-state index in [1.54, 1.807) is 23.1 Å². The van der Waals surface area contributed by atoms with Gasteiger partial charge in [-0.05, 0) is 54.3 Å². The number of rotatable bonds is 2. The van der Waals surface area contributed by atoms with E-state index in [-0.39, 0.29) is 23.4 Å². The molecule has 31 heavy (non-hydrogen) atoms. The number of anilines is 1. The van der Waals surface area contributed by atoms with Crippen molar-refractivity contribution in [2.75, 3.05) is 18.4 Å². The molecule has 0 spiro atoms. The minimum absolute atomic E-state index is 0.0138. The standard InChI is InChI=1S/C24H21ClFN3O2/c25-18-6-4-16(5-7-18)21-8-9-22(30)29-13-15-10-17(23(21)29)14-28(12-15)24(31)27-20-3-1-2-19(26)11-20/h1-9,11,15,17H,10,12-14H2,(H,27,31)/t15-,17-/m1/s1. The van der Waals surface area contributed by atoms with Crippen LogP contribution in [0.1, 0.15) is 18.0 Å². The highest BCUT2D eigenvalue weighted by Gasteiger charge is 2.37. The molecule has 1 fully saturated rings. The summed E-state index contributed by atoms with van der Waals surface area (Å²) in [6.07, 6.45) is 0.924. The second-order valence-corrected chi connectivity index (χ2v) is 8.67. The highest BCUT2D eigenvalue weighted by Crippen LogP contribution is 2.40. The van der Waals surface area contributed by atoms with Gasteiger partial charge in [0.05, 0.1) is 0 Å². The number of nitrogens with one attached hydrogen (secondary N) is 1. The fourth-order valence-corrected chi connectivity index (χ4v) is 4.95. The first-order valence-electron chi connectivity index (χ1n) is 10.3. The third-order valence-corrected chi connectivity index (χ3v) is 6.36. The Morgan fingerprint density at radius 2 is 1.84 bits per heavy atom. The van der Waals surface area contributed by atoms with Crippen LogP contribution in [0.25, 0.3) is 11.1 Å². The minimum atomic E-state index is -0.394. The van der Waals surface area contributed by atoms with Crippen molar-refractivity contribution in [1.82, 2.24) is 9.47 Å². The van der Waals surface area contributed by atoms with E-state index in [0.717, 1.165) is 23.2 Å². The molecule has 2 bridgehead atoms. The van der Waals surface area contributed by atoms with Crippen LogP contribution in [-0.2, 0) is 6.54 Å². The summed E-state index contributed by atoms with van der Waals surface area (Å²) < 4.78 is 15.3. The smallest absolute Gasteiger partial charge is 0.321 e. The van der Waals surface area contributed by atoms with Gasteiger partial charge in [-0.25, -0.2) is 9.18 Å². The molecule has 2 amide bonds. The third kappa shape index (κ3) is 3.83. The van der Waals surface area contributed by atoms with Crippen LogP contribution in [0, 0.1) is 11.7 Å². The first-order valence-corrected chi connectivity index (χ1v) is 10.7. The average Bonchev–Trinajstić information content (AvgIpc) is 2.75. The van der Waals surface area contributed by atoms with E-state index in [2.05, 4.69) is 5.32 Å². The number of halogens is 2. The zero-order valence-electron chi connectivity index (χ0n) is 16.7. The molecule has 1 N–H and O–H groups in total. The molecule has 2 atom stereocenters. The molecule has 158 valence electrons. The van der Waals surface area contributed by atoms with Gasteiger partial charge in [0.2, 0.25) is 0 Å². The molecule has 2 aliphatic heterocycles. The second-order valence-electron chi connectivity index (χ2n) is 8.23. The van der Waals surface area contributed by atoms with E-state index >= 15 is 0 Å². The van der Waals surface area contributed by atoms with Crippen molar-refractivity contribution in [3.63, 3.8) is 0 Å². The summed E-state index contributed by atoms with van der Waals surface area (Å²) in [5.74, 6) is -0.151. The number of fused-ring (bicyclic) bond motifs is 4. The molecule has 3 aromatic rings. The van der Waals surface area contributed by atoms with E-state index in [0.29, 0.717) is 30.3 Å². The number of pyridine rings is 1. The summed E-state index contributed by atoms with van der Waals surface area (Å²) in [5, 5.41) is 3.45. The largest absolute Gasteiger partial charge is 0.324 e. The summed E-state index contributed by atoms with van der Waals surface area (Å²) >= 11 is 6.05. The lowest BCUT2D eigenvalue weighted by molar-refractivity contribution is 0.140. The number of likely N-dealkylation sites (tertiary alicyclic amines) is 1. The first kappa shape index (κ1) is 19.8. The van der Waals surface area contributed by atoms with E-state index in [1.807, 2.05) is 34.9 Å². The van der Waals surface area contributed by atoms with Crippen LogP contribution < -0.4 is 10.9 Å². The Labute approximate surface area is 184 Å². The molecule has 2 aliphatic rings. The lowest BCUT2D eigenvalue weighted by Crippen LogP contribution is -2.50. The number of carbonyl (C=O) groups excluding carboxylic acids is 1. The van der Waals surface area contributed by atoms with Crippen molar-refractivity contribution in [2.24, 2.45) is 5.92 Å². The van der Waals surface area contributed by atoms with Gasteiger partial charge in [0.1, 0.15) is 5.82 Å². The molecule has 5 nitrogen and oxygen atoms in total. The summed E-state index contributed by atoms with van der Waals surface area (Å²) in [7, 11) is 0. The molecule has 2 aromatic carbocycles. The summed E-state index contributed by atoms with van der Waals surface area (Å²) in [5.41, 5.74) is 3.37. The SMILES string of the molecule is O=C(Nc1cccc(F)c1)N1C[C@H]2C[C@H](C1)c1c(-c3ccc(Cl)cc3)ccc(=O)n1C2. The molecule has 5 rings (SSSR count). The lowest BCUT2D eigenvalue weighted by Gasteiger charge is -2.43. The number of carbonyl (C=O) groups is 1. The Hall–Kier alpha value is -3.12. The molecule has 3 heterocycles. The molecule has 0 aliphatic carbocycles. The zero-order chi connectivity index (χ0) is 21.5. The maximum atomic E-state index is 13.5. The number of aromatic nitrogens is 1. The van der Waals surface area contributed by atoms with Gasteiger partial charge in [-0.15, -0.1) is 0 Å². The predicted octanol–water partition coefficient (Wildman–Crippen LogP) is 4.96. The Bertz CT molecular complexity index is 1210. The number of benzene rings is 2. The van der Waals surface area contributed by atoms with Crippen molar-refractivity contribution in [3.8, 4) is 11.1 Å². The normalized spacial score (nSPS) is 19.6. The van der Waals surface area contributed by atoms with Gasteiger partial charge in [-0.3, -0.25) is 4.79 Å². The van der Waals surface area contributed by atoms with Crippen molar-refractivity contribution >= 4 is 23.3 Å². The van der Waals surface area contributed by atoms with Gasteiger partial charge >= 0.3 is 6.03 Å². The topological polar surface area (TPSA) is 54.3 Å². The Morgan fingerprint density at radius 1 is 1.03 bits per heavy atom. The van der Waals surface area contributed by atoms with Gasteiger partial charge in [-0.2, -0.15) is 0 Å². The van der Waals surface area contributed by atoms with Crippen LogP contribution in [-0.4, -0.2) is 28.6 Å². The molecule has 7 heteroatoms. The van der Waals surface area contributed by atoms with Crippen molar-refractivity contribution in [1.29, 1.82) is 0 Å². The van der Waals surface area contributed by atoms with Crippen LogP contribution >= 0.6 is 11.6 Å². The van der Waals surface area contributed by atoms with E-state index in [4.69, 9.17) is 11.6 Å². The Morgan fingerprint density at radius 3 is 2.61 bits per heavy atom. The lowest BCUT2D eigenvalue weighted by atomic mass is 9.80. The molecular formula is C24H21ClFN3O2. The van der Waals surface area contributed by atoms with Gasteiger partial charge in [0.15, 0.2) is 0 Å². The van der Waals surface area contributed by atoms with Crippen molar-refractivity contribution in [3.05, 3.63) is 87.6 Å². The quantitative estimate of drug-likeness (QED) is 0.616.